The predicted molar refractivity (Wildman–Crippen MR) is 129 cm³/mol. The molecule has 1 saturated heterocycles. The van der Waals surface area contributed by atoms with Gasteiger partial charge in [0.2, 0.25) is 11.8 Å². The van der Waals surface area contributed by atoms with Crippen molar-refractivity contribution >= 4 is 32.9 Å². The molecule has 0 radical (unpaired) electrons. The molecule has 0 bridgehead atoms. The molecule has 3 atom stereocenters. The number of rotatable bonds is 7. The monoisotopic (exact) mass is 512 g/mol. The van der Waals surface area contributed by atoms with Crippen molar-refractivity contribution < 1.29 is 14.3 Å². The molecule has 3 aromatic rings. The van der Waals surface area contributed by atoms with Gasteiger partial charge in [0.25, 0.3) is 0 Å². The first kappa shape index (κ1) is 22.2. The first-order valence-electron chi connectivity index (χ1n) is 11.4. The van der Waals surface area contributed by atoms with Crippen molar-refractivity contribution in [1.29, 1.82) is 0 Å². The van der Waals surface area contributed by atoms with Crippen LogP contribution in [0, 0.1) is 5.92 Å². The summed E-state index contributed by atoms with van der Waals surface area (Å²) in [4.78, 5) is 24.1. The summed E-state index contributed by atoms with van der Waals surface area (Å²) in [5, 5.41) is 0. The van der Waals surface area contributed by atoms with E-state index < -0.39 is 0 Å². The Hall–Kier alpha value is -2.61. The summed E-state index contributed by atoms with van der Waals surface area (Å²) >= 11 is 3.49. The zero-order valence-electron chi connectivity index (χ0n) is 19.4. The van der Waals surface area contributed by atoms with Gasteiger partial charge >= 0.3 is 0 Å². The number of nitrogens with zero attached hydrogens (tertiary/aromatic N) is 4. The highest BCUT2D eigenvalue weighted by Crippen LogP contribution is 2.46. The Morgan fingerprint density at radius 1 is 1.21 bits per heavy atom. The SMILES string of the molecule is COc1ccc([C@@H](C)N2C[C@H]([C@@H](C)Oc3nc(Br)cc4ncn(C5(C)CC5)c34)CC2=O)cc1. The van der Waals surface area contributed by atoms with Gasteiger partial charge in [-0.15, -0.1) is 0 Å². The van der Waals surface area contributed by atoms with Crippen LogP contribution in [0.1, 0.15) is 51.6 Å². The van der Waals surface area contributed by atoms with Gasteiger partial charge in [-0.2, -0.15) is 0 Å². The van der Waals surface area contributed by atoms with Gasteiger partial charge < -0.3 is 18.9 Å². The van der Waals surface area contributed by atoms with Gasteiger partial charge in [-0.1, -0.05) is 12.1 Å². The highest BCUT2D eigenvalue weighted by molar-refractivity contribution is 9.10. The highest BCUT2D eigenvalue weighted by atomic mass is 79.9. The Balaban J connectivity index is 1.34. The Bertz CT molecular complexity index is 1190. The van der Waals surface area contributed by atoms with Crippen molar-refractivity contribution in [2.24, 2.45) is 5.92 Å². The fraction of sp³-hybridized carbons (Fsp3) is 0.480. The number of carbonyl (C=O) groups excluding carboxylic acids is 1. The molecule has 7 nitrogen and oxygen atoms in total. The molecule has 1 aliphatic carbocycles. The molecule has 0 unspecified atom stereocenters. The van der Waals surface area contributed by atoms with Crippen molar-refractivity contribution in [3.05, 3.63) is 46.8 Å². The molecule has 33 heavy (non-hydrogen) atoms. The van der Waals surface area contributed by atoms with Crippen LogP contribution in [0.3, 0.4) is 0 Å². The number of hydrogen-bond donors (Lipinski definition) is 0. The van der Waals surface area contributed by atoms with E-state index in [0.29, 0.717) is 23.4 Å². The van der Waals surface area contributed by atoms with Crippen LogP contribution >= 0.6 is 15.9 Å². The normalized spacial score (nSPS) is 21.3. The lowest BCUT2D eigenvalue weighted by Crippen LogP contribution is -2.31. The quantitative estimate of drug-likeness (QED) is 0.412. The van der Waals surface area contributed by atoms with Crippen molar-refractivity contribution in [3.63, 3.8) is 0 Å². The Labute approximate surface area is 202 Å². The van der Waals surface area contributed by atoms with Gasteiger partial charge in [-0.25, -0.2) is 9.97 Å². The Morgan fingerprint density at radius 3 is 2.61 bits per heavy atom. The highest BCUT2D eigenvalue weighted by Gasteiger charge is 2.41. The van der Waals surface area contributed by atoms with Crippen LogP contribution in [-0.4, -0.2) is 45.1 Å². The average Bonchev–Trinajstić information content (AvgIpc) is 3.20. The van der Waals surface area contributed by atoms with Gasteiger partial charge in [0, 0.05) is 24.4 Å². The molecule has 1 saturated carbocycles. The molecule has 1 aliphatic heterocycles. The number of carbonyl (C=O) groups is 1. The second-order valence-corrected chi connectivity index (χ2v) is 10.3. The first-order valence-corrected chi connectivity index (χ1v) is 12.2. The third kappa shape index (κ3) is 4.09. The van der Waals surface area contributed by atoms with Crippen LogP contribution in [-0.2, 0) is 10.3 Å². The number of halogens is 1. The minimum absolute atomic E-state index is 0.00689. The van der Waals surface area contributed by atoms with Crippen LogP contribution in [0.25, 0.3) is 11.0 Å². The maximum atomic E-state index is 12.9. The Kier molecular flexibility index (Phi) is 5.59. The summed E-state index contributed by atoms with van der Waals surface area (Å²) in [7, 11) is 1.65. The average molecular weight is 513 g/mol. The molecule has 2 aromatic heterocycles. The van der Waals surface area contributed by atoms with E-state index in [-0.39, 0.29) is 29.5 Å². The maximum absolute atomic E-state index is 12.9. The third-order valence-electron chi connectivity index (χ3n) is 7.23. The van der Waals surface area contributed by atoms with Crippen molar-refractivity contribution in [1.82, 2.24) is 19.4 Å². The fourth-order valence-electron chi connectivity index (χ4n) is 4.67. The van der Waals surface area contributed by atoms with Crippen molar-refractivity contribution in [2.75, 3.05) is 13.7 Å². The van der Waals surface area contributed by atoms with E-state index in [2.05, 4.69) is 44.3 Å². The molecular weight excluding hydrogens is 484 g/mol. The zero-order chi connectivity index (χ0) is 23.3. The number of likely N-dealkylation sites (tertiary alicyclic amines) is 1. The largest absolute Gasteiger partial charge is 0.497 e. The molecule has 0 spiro atoms. The molecule has 5 rings (SSSR count). The number of pyridine rings is 1. The standard InChI is InChI=1S/C25H29BrN4O3/c1-15(17-5-7-19(32-4)8-6-17)29-13-18(11-22(29)31)16(2)33-24-23-20(12-21(26)28-24)27-14-30(23)25(3)9-10-25/h5-8,12,14-16,18H,9-11,13H2,1-4H3/t15-,16-,18-/m1/s1. The van der Waals surface area contributed by atoms with Crippen molar-refractivity contribution in [3.8, 4) is 11.6 Å². The second-order valence-electron chi connectivity index (χ2n) is 9.51. The van der Waals surface area contributed by atoms with E-state index in [9.17, 15) is 4.79 Å². The molecule has 174 valence electrons. The number of aromatic nitrogens is 3. The molecular formula is C25H29BrN4O3. The molecule has 0 N–H and O–H groups in total. The number of amides is 1. The van der Waals surface area contributed by atoms with Crippen molar-refractivity contribution in [2.45, 2.75) is 57.7 Å². The Morgan fingerprint density at radius 2 is 1.94 bits per heavy atom. The summed E-state index contributed by atoms with van der Waals surface area (Å²) in [6, 6.07) is 9.82. The molecule has 2 fully saturated rings. The van der Waals surface area contributed by atoms with E-state index in [4.69, 9.17) is 9.47 Å². The van der Waals surface area contributed by atoms with Crippen LogP contribution in [0.2, 0.25) is 0 Å². The number of fused-ring (bicyclic) bond motifs is 1. The maximum Gasteiger partial charge on any atom is 0.241 e. The molecule has 1 amide bonds. The number of methoxy groups -OCH3 is 1. The van der Waals surface area contributed by atoms with Crippen LogP contribution < -0.4 is 9.47 Å². The first-order chi connectivity index (χ1) is 15.8. The third-order valence-corrected chi connectivity index (χ3v) is 7.64. The predicted octanol–water partition coefficient (Wildman–Crippen LogP) is 5.09. The van der Waals surface area contributed by atoms with E-state index in [0.717, 1.165) is 35.2 Å². The van der Waals surface area contributed by atoms with E-state index in [1.807, 2.05) is 48.5 Å². The van der Waals surface area contributed by atoms with E-state index in [1.54, 1.807) is 7.11 Å². The van der Waals surface area contributed by atoms with Gasteiger partial charge in [-0.3, -0.25) is 4.79 Å². The smallest absolute Gasteiger partial charge is 0.241 e. The summed E-state index contributed by atoms with van der Waals surface area (Å²) < 4.78 is 14.6. The topological polar surface area (TPSA) is 69.5 Å². The zero-order valence-corrected chi connectivity index (χ0v) is 21.0. The van der Waals surface area contributed by atoms with E-state index >= 15 is 0 Å². The number of hydrogen-bond acceptors (Lipinski definition) is 5. The summed E-state index contributed by atoms with van der Waals surface area (Å²) in [6.45, 7) is 6.99. The molecule has 3 heterocycles. The molecule has 1 aromatic carbocycles. The summed E-state index contributed by atoms with van der Waals surface area (Å²) in [5.74, 6) is 1.63. The van der Waals surface area contributed by atoms with Gasteiger partial charge in [-0.05, 0) is 73.3 Å². The number of ether oxygens (including phenoxy) is 2. The van der Waals surface area contributed by atoms with Crippen LogP contribution in [0.4, 0.5) is 0 Å². The fourth-order valence-corrected chi connectivity index (χ4v) is 5.05. The lowest BCUT2D eigenvalue weighted by atomic mass is 10.0. The van der Waals surface area contributed by atoms with Gasteiger partial charge in [0.15, 0.2) is 0 Å². The number of benzene rings is 1. The summed E-state index contributed by atoms with van der Waals surface area (Å²) in [5.41, 5.74) is 2.97. The minimum Gasteiger partial charge on any atom is -0.497 e. The van der Waals surface area contributed by atoms with Gasteiger partial charge in [0.1, 0.15) is 22.0 Å². The summed E-state index contributed by atoms with van der Waals surface area (Å²) in [6.07, 6.45) is 4.44. The number of imidazole rings is 1. The lowest BCUT2D eigenvalue weighted by molar-refractivity contribution is -0.129. The van der Waals surface area contributed by atoms with Crippen LogP contribution in [0.5, 0.6) is 11.6 Å². The minimum atomic E-state index is -0.164. The molecule has 8 heteroatoms. The van der Waals surface area contributed by atoms with Gasteiger partial charge in [0.05, 0.1) is 25.0 Å². The second kappa shape index (κ2) is 8.31. The van der Waals surface area contributed by atoms with Crippen LogP contribution in [0.15, 0.2) is 41.3 Å². The van der Waals surface area contributed by atoms with E-state index in [1.165, 1.54) is 0 Å². The lowest BCUT2D eigenvalue weighted by Gasteiger charge is -2.27. The molecule has 2 aliphatic rings.